The molecule has 0 spiro atoms. The monoisotopic (exact) mass is 281 g/mol. The Labute approximate surface area is 115 Å². The highest BCUT2D eigenvalue weighted by Gasteiger charge is 2.30. The van der Waals surface area contributed by atoms with Crippen LogP contribution in [0.4, 0.5) is 4.39 Å². The van der Waals surface area contributed by atoms with Gasteiger partial charge in [-0.2, -0.15) is 0 Å². The first-order valence-corrected chi connectivity index (χ1v) is 6.45. The van der Waals surface area contributed by atoms with Crippen LogP contribution in [0.5, 0.6) is 5.75 Å². The van der Waals surface area contributed by atoms with Gasteiger partial charge in [-0.15, -0.1) is 0 Å². The van der Waals surface area contributed by atoms with Gasteiger partial charge in [-0.3, -0.25) is 9.59 Å². The average molecular weight is 281 g/mol. The average Bonchev–Trinajstić information content (AvgIpc) is 2.87. The summed E-state index contributed by atoms with van der Waals surface area (Å²) in [6, 6.07) is 5.28. The van der Waals surface area contributed by atoms with Gasteiger partial charge < -0.3 is 15.2 Å². The molecule has 0 saturated heterocycles. The molecule has 0 heterocycles. The molecule has 1 saturated carbocycles. The van der Waals surface area contributed by atoms with Gasteiger partial charge in [0.25, 0.3) is 5.91 Å². The standard InChI is InChI=1S/C14H16FNO4/c15-10-2-5-12(6-3-10)20-8-13(17)16-11-4-1-9(7-11)14(18)19/h2-3,5-6,9,11H,1,4,7-8H2,(H,16,17)(H,18,19). The molecule has 0 aromatic heterocycles. The van der Waals surface area contributed by atoms with E-state index in [-0.39, 0.29) is 30.3 Å². The van der Waals surface area contributed by atoms with Gasteiger partial charge in [0.15, 0.2) is 6.61 Å². The Morgan fingerprint density at radius 1 is 1.30 bits per heavy atom. The van der Waals surface area contributed by atoms with E-state index in [4.69, 9.17) is 9.84 Å². The molecule has 2 N–H and O–H groups in total. The molecule has 5 nitrogen and oxygen atoms in total. The highest BCUT2D eigenvalue weighted by Crippen LogP contribution is 2.25. The van der Waals surface area contributed by atoms with Crippen LogP contribution in [0.1, 0.15) is 19.3 Å². The fraction of sp³-hybridized carbons (Fsp3) is 0.429. The van der Waals surface area contributed by atoms with Crippen LogP contribution in [0, 0.1) is 11.7 Å². The highest BCUT2D eigenvalue weighted by atomic mass is 19.1. The lowest BCUT2D eigenvalue weighted by Crippen LogP contribution is -2.36. The van der Waals surface area contributed by atoms with Crippen molar-refractivity contribution in [2.75, 3.05) is 6.61 Å². The Hall–Kier alpha value is -2.11. The molecule has 1 aliphatic carbocycles. The van der Waals surface area contributed by atoms with Gasteiger partial charge in [0.05, 0.1) is 5.92 Å². The summed E-state index contributed by atoms with van der Waals surface area (Å²) in [5.41, 5.74) is 0. The van der Waals surface area contributed by atoms with Crippen molar-refractivity contribution >= 4 is 11.9 Å². The van der Waals surface area contributed by atoms with Gasteiger partial charge in [0.2, 0.25) is 0 Å². The Morgan fingerprint density at radius 2 is 2.00 bits per heavy atom. The summed E-state index contributed by atoms with van der Waals surface area (Å²) in [7, 11) is 0. The van der Waals surface area contributed by atoms with Crippen molar-refractivity contribution in [2.24, 2.45) is 5.92 Å². The number of benzene rings is 1. The normalized spacial score (nSPS) is 21.4. The van der Waals surface area contributed by atoms with Crippen molar-refractivity contribution in [3.8, 4) is 5.75 Å². The number of carboxylic acids is 1. The molecule has 1 amide bonds. The summed E-state index contributed by atoms with van der Waals surface area (Å²) in [4.78, 5) is 22.5. The smallest absolute Gasteiger partial charge is 0.306 e. The molecule has 1 aliphatic rings. The summed E-state index contributed by atoms with van der Waals surface area (Å²) in [5, 5.41) is 11.6. The largest absolute Gasteiger partial charge is 0.484 e. The van der Waals surface area contributed by atoms with Crippen molar-refractivity contribution < 1.29 is 23.8 Å². The van der Waals surface area contributed by atoms with Crippen LogP contribution in [0.25, 0.3) is 0 Å². The summed E-state index contributed by atoms with van der Waals surface area (Å²) in [6.45, 7) is -0.167. The number of aliphatic carboxylic acids is 1. The van der Waals surface area contributed by atoms with Gasteiger partial charge in [-0.05, 0) is 43.5 Å². The molecule has 0 aliphatic heterocycles. The Bertz CT molecular complexity index is 488. The van der Waals surface area contributed by atoms with Crippen molar-refractivity contribution in [1.82, 2.24) is 5.32 Å². The van der Waals surface area contributed by atoms with Crippen LogP contribution < -0.4 is 10.1 Å². The van der Waals surface area contributed by atoms with E-state index in [2.05, 4.69) is 5.32 Å². The molecule has 0 bridgehead atoms. The maximum Gasteiger partial charge on any atom is 0.306 e. The van der Waals surface area contributed by atoms with Crippen LogP contribution in [-0.2, 0) is 9.59 Å². The maximum atomic E-state index is 12.7. The number of carbonyl (C=O) groups is 2. The molecule has 108 valence electrons. The molecule has 1 aromatic rings. The number of carboxylic acid groups (broad SMARTS) is 1. The van der Waals surface area contributed by atoms with Crippen LogP contribution in [0.2, 0.25) is 0 Å². The van der Waals surface area contributed by atoms with E-state index in [1.165, 1.54) is 24.3 Å². The number of halogens is 1. The highest BCUT2D eigenvalue weighted by molar-refractivity contribution is 5.78. The molecule has 6 heteroatoms. The molecule has 2 unspecified atom stereocenters. The van der Waals surface area contributed by atoms with Crippen molar-refractivity contribution in [3.63, 3.8) is 0 Å². The van der Waals surface area contributed by atoms with Crippen LogP contribution in [0.3, 0.4) is 0 Å². The fourth-order valence-corrected chi connectivity index (χ4v) is 2.29. The lowest BCUT2D eigenvalue weighted by molar-refractivity contribution is -0.141. The van der Waals surface area contributed by atoms with E-state index in [9.17, 15) is 14.0 Å². The summed E-state index contributed by atoms with van der Waals surface area (Å²) < 4.78 is 17.9. The van der Waals surface area contributed by atoms with Gasteiger partial charge >= 0.3 is 5.97 Å². The molecule has 1 aromatic carbocycles. The van der Waals surface area contributed by atoms with Gasteiger partial charge in [0.1, 0.15) is 11.6 Å². The molecule has 20 heavy (non-hydrogen) atoms. The minimum atomic E-state index is -0.815. The third-order valence-corrected chi connectivity index (χ3v) is 3.33. The predicted molar refractivity (Wildman–Crippen MR) is 68.8 cm³/mol. The van der Waals surface area contributed by atoms with Gasteiger partial charge in [0, 0.05) is 6.04 Å². The number of nitrogens with one attached hydrogen (secondary N) is 1. The van der Waals surface area contributed by atoms with E-state index in [1.807, 2.05) is 0 Å². The molecule has 2 atom stereocenters. The lowest BCUT2D eigenvalue weighted by Gasteiger charge is -2.13. The number of hydrogen-bond donors (Lipinski definition) is 2. The maximum absolute atomic E-state index is 12.7. The first kappa shape index (κ1) is 14.3. The second-order valence-electron chi connectivity index (χ2n) is 4.86. The van der Waals surface area contributed by atoms with Crippen molar-refractivity contribution in [2.45, 2.75) is 25.3 Å². The molecule has 0 radical (unpaired) electrons. The Morgan fingerprint density at radius 3 is 2.60 bits per heavy atom. The molecule has 1 fully saturated rings. The molecule has 2 rings (SSSR count). The van der Waals surface area contributed by atoms with Gasteiger partial charge in [-0.25, -0.2) is 4.39 Å². The zero-order chi connectivity index (χ0) is 14.5. The zero-order valence-electron chi connectivity index (χ0n) is 10.8. The van der Waals surface area contributed by atoms with E-state index in [1.54, 1.807) is 0 Å². The second-order valence-corrected chi connectivity index (χ2v) is 4.86. The number of carbonyl (C=O) groups excluding carboxylic acids is 1. The molecular weight excluding hydrogens is 265 g/mol. The van der Waals surface area contributed by atoms with E-state index >= 15 is 0 Å². The fourth-order valence-electron chi connectivity index (χ4n) is 2.29. The topological polar surface area (TPSA) is 75.6 Å². The quantitative estimate of drug-likeness (QED) is 0.859. The van der Waals surface area contributed by atoms with E-state index in [0.29, 0.717) is 25.0 Å². The van der Waals surface area contributed by atoms with Crippen molar-refractivity contribution in [1.29, 1.82) is 0 Å². The number of hydrogen-bond acceptors (Lipinski definition) is 3. The van der Waals surface area contributed by atoms with Crippen molar-refractivity contribution in [3.05, 3.63) is 30.1 Å². The van der Waals surface area contributed by atoms with Gasteiger partial charge in [-0.1, -0.05) is 0 Å². The SMILES string of the molecule is O=C(COc1ccc(F)cc1)NC1CCC(C(=O)O)C1. The Balaban J connectivity index is 1.73. The van der Waals surface area contributed by atoms with E-state index in [0.717, 1.165) is 0 Å². The number of ether oxygens (including phenoxy) is 1. The van der Waals surface area contributed by atoms with Crippen LogP contribution in [-0.4, -0.2) is 29.6 Å². The van der Waals surface area contributed by atoms with Crippen LogP contribution in [0.15, 0.2) is 24.3 Å². The first-order valence-electron chi connectivity index (χ1n) is 6.45. The predicted octanol–water partition coefficient (Wildman–Crippen LogP) is 1.57. The minimum absolute atomic E-state index is 0.111. The summed E-state index contributed by atoms with van der Waals surface area (Å²) in [6.07, 6.45) is 1.70. The minimum Gasteiger partial charge on any atom is -0.484 e. The number of amides is 1. The first-order chi connectivity index (χ1) is 9.54. The second kappa shape index (κ2) is 6.36. The van der Waals surface area contributed by atoms with Crippen LogP contribution >= 0.6 is 0 Å². The third kappa shape index (κ3) is 3.94. The Kier molecular flexibility index (Phi) is 4.55. The summed E-state index contributed by atoms with van der Waals surface area (Å²) in [5.74, 6) is -1.45. The van der Waals surface area contributed by atoms with E-state index < -0.39 is 5.97 Å². The lowest BCUT2D eigenvalue weighted by atomic mass is 10.1. The third-order valence-electron chi connectivity index (χ3n) is 3.33. The number of rotatable bonds is 5. The molecular formula is C14H16FNO4. The summed E-state index contributed by atoms with van der Waals surface area (Å²) >= 11 is 0. The zero-order valence-corrected chi connectivity index (χ0v) is 10.8.